The van der Waals surface area contributed by atoms with Gasteiger partial charge in [-0.2, -0.15) is 0 Å². The Kier molecular flexibility index (Phi) is 8.10. The van der Waals surface area contributed by atoms with E-state index in [9.17, 15) is 0 Å². The lowest BCUT2D eigenvalue weighted by Gasteiger charge is -2.06. The van der Waals surface area contributed by atoms with Crippen molar-refractivity contribution in [2.75, 3.05) is 6.61 Å². The summed E-state index contributed by atoms with van der Waals surface area (Å²) in [5, 5.41) is 8.34. The molecule has 0 bridgehead atoms. The predicted octanol–water partition coefficient (Wildman–Crippen LogP) is 7.67. The van der Waals surface area contributed by atoms with Crippen LogP contribution in [-0.2, 0) is 0 Å². The third-order valence-corrected chi connectivity index (χ3v) is 5.32. The van der Waals surface area contributed by atoms with E-state index in [-0.39, 0.29) is 0 Å². The lowest BCUT2D eigenvalue weighted by Crippen LogP contribution is -1.97. The molecule has 1 heterocycles. The monoisotopic (exact) mass is 506 g/mol. The van der Waals surface area contributed by atoms with Gasteiger partial charge in [0.05, 0.1) is 6.61 Å². The Bertz CT molecular complexity index is 858. The number of unbranched alkanes of at least 4 members (excludes halogenated alkanes) is 5. The number of aromatic nitrogens is 2. The molecule has 0 amide bonds. The standard InChI is InChI=1S/C22H24Br2N2O2/c1-2-3-4-5-6-7-12-27-20-10-8-16(9-11-20)21-25-26-22(28-21)17-13-18(23)15-19(24)14-17/h8-11,13-15H,2-7,12H2,1H3. The summed E-state index contributed by atoms with van der Waals surface area (Å²) in [5.41, 5.74) is 1.73. The molecule has 6 heteroatoms. The van der Waals surface area contributed by atoms with Gasteiger partial charge in [-0.05, 0) is 48.9 Å². The van der Waals surface area contributed by atoms with Crippen LogP contribution in [0, 0.1) is 0 Å². The molecule has 0 aliphatic heterocycles. The van der Waals surface area contributed by atoms with Crippen molar-refractivity contribution in [2.45, 2.75) is 45.4 Å². The number of rotatable bonds is 10. The maximum Gasteiger partial charge on any atom is 0.248 e. The molecule has 0 unspecified atom stereocenters. The van der Waals surface area contributed by atoms with Gasteiger partial charge in [0.1, 0.15) is 5.75 Å². The van der Waals surface area contributed by atoms with Crippen molar-refractivity contribution < 1.29 is 9.15 Å². The van der Waals surface area contributed by atoms with Gasteiger partial charge < -0.3 is 9.15 Å². The predicted molar refractivity (Wildman–Crippen MR) is 119 cm³/mol. The lowest BCUT2D eigenvalue weighted by atomic mass is 10.1. The normalized spacial score (nSPS) is 11.0. The summed E-state index contributed by atoms with van der Waals surface area (Å²) < 4.78 is 13.6. The van der Waals surface area contributed by atoms with Gasteiger partial charge in [0.25, 0.3) is 0 Å². The summed E-state index contributed by atoms with van der Waals surface area (Å²) in [6, 6.07) is 13.7. The largest absolute Gasteiger partial charge is 0.494 e. The van der Waals surface area contributed by atoms with Crippen LogP contribution in [0.5, 0.6) is 5.75 Å². The molecular weight excluding hydrogens is 484 g/mol. The van der Waals surface area contributed by atoms with E-state index in [1.165, 1.54) is 32.1 Å². The molecule has 3 rings (SSSR count). The zero-order valence-corrected chi connectivity index (χ0v) is 19.1. The first-order valence-electron chi connectivity index (χ1n) is 9.69. The molecule has 2 aromatic carbocycles. The Hall–Kier alpha value is -1.66. The summed E-state index contributed by atoms with van der Waals surface area (Å²) >= 11 is 6.95. The number of hydrogen-bond donors (Lipinski definition) is 0. The third-order valence-electron chi connectivity index (χ3n) is 4.40. The number of hydrogen-bond acceptors (Lipinski definition) is 4. The van der Waals surface area contributed by atoms with E-state index in [0.29, 0.717) is 11.8 Å². The second-order valence-electron chi connectivity index (χ2n) is 6.71. The number of nitrogens with zero attached hydrogens (tertiary/aromatic N) is 2. The minimum Gasteiger partial charge on any atom is -0.494 e. The highest BCUT2D eigenvalue weighted by Gasteiger charge is 2.12. The minimum atomic E-state index is 0.486. The molecule has 3 aromatic rings. The topological polar surface area (TPSA) is 48.2 Å². The van der Waals surface area contributed by atoms with Crippen molar-refractivity contribution in [1.29, 1.82) is 0 Å². The fourth-order valence-electron chi connectivity index (χ4n) is 2.90. The Morgan fingerprint density at radius 2 is 1.39 bits per heavy atom. The quantitative estimate of drug-likeness (QED) is 0.264. The molecular formula is C22H24Br2N2O2. The molecule has 0 aliphatic rings. The number of ether oxygens (including phenoxy) is 1. The molecule has 0 spiro atoms. The Morgan fingerprint density at radius 3 is 2.07 bits per heavy atom. The summed E-state index contributed by atoms with van der Waals surface area (Å²) in [6.45, 7) is 3.00. The van der Waals surface area contributed by atoms with Gasteiger partial charge in [0.2, 0.25) is 11.8 Å². The highest BCUT2D eigenvalue weighted by Crippen LogP contribution is 2.29. The molecule has 0 atom stereocenters. The van der Waals surface area contributed by atoms with Crippen molar-refractivity contribution in [3.63, 3.8) is 0 Å². The average Bonchev–Trinajstić information content (AvgIpc) is 3.17. The van der Waals surface area contributed by atoms with Crippen molar-refractivity contribution in [1.82, 2.24) is 10.2 Å². The molecule has 1 aromatic heterocycles. The van der Waals surface area contributed by atoms with Crippen LogP contribution in [0.4, 0.5) is 0 Å². The molecule has 0 fully saturated rings. The maximum absolute atomic E-state index is 5.85. The molecule has 0 N–H and O–H groups in total. The summed E-state index contributed by atoms with van der Waals surface area (Å²) in [5.74, 6) is 1.85. The van der Waals surface area contributed by atoms with E-state index in [1.807, 2.05) is 42.5 Å². The van der Waals surface area contributed by atoms with E-state index >= 15 is 0 Å². The average molecular weight is 508 g/mol. The van der Waals surface area contributed by atoms with Crippen molar-refractivity contribution >= 4 is 31.9 Å². The van der Waals surface area contributed by atoms with Crippen molar-refractivity contribution in [3.8, 4) is 28.7 Å². The molecule has 0 radical (unpaired) electrons. The Labute approximate surface area is 183 Å². The lowest BCUT2D eigenvalue weighted by molar-refractivity contribution is 0.304. The Morgan fingerprint density at radius 1 is 0.786 bits per heavy atom. The van der Waals surface area contributed by atoms with Crippen LogP contribution in [0.2, 0.25) is 0 Å². The minimum absolute atomic E-state index is 0.486. The first kappa shape index (κ1) is 21.1. The van der Waals surface area contributed by atoms with Crippen LogP contribution in [0.1, 0.15) is 45.4 Å². The molecule has 0 saturated carbocycles. The van der Waals surface area contributed by atoms with Crippen LogP contribution < -0.4 is 4.74 Å². The van der Waals surface area contributed by atoms with Crippen LogP contribution in [-0.4, -0.2) is 16.8 Å². The van der Waals surface area contributed by atoms with Crippen LogP contribution in [0.15, 0.2) is 55.8 Å². The number of halogens is 2. The zero-order chi connectivity index (χ0) is 19.8. The van der Waals surface area contributed by atoms with Crippen molar-refractivity contribution in [2.24, 2.45) is 0 Å². The first-order chi connectivity index (χ1) is 13.7. The summed E-state index contributed by atoms with van der Waals surface area (Å²) in [6.07, 6.45) is 7.57. The molecule has 148 valence electrons. The zero-order valence-electron chi connectivity index (χ0n) is 16.0. The van der Waals surface area contributed by atoms with Crippen LogP contribution in [0.25, 0.3) is 22.9 Å². The van der Waals surface area contributed by atoms with Gasteiger partial charge in [-0.25, -0.2) is 0 Å². The van der Waals surface area contributed by atoms with E-state index in [0.717, 1.165) is 38.8 Å². The molecule has 4 nitrogen and oxygen atoms in total. The maximum atomic E-state index is 5.85. The third kappa shape index (κ3) is 6.17. The van der Waals surface area contributed by atoms with Gasteiger partial charge in [-0.3, -0.25) is 0 Å². The number of benzene rings is 2. The van der Waals surface area contributed by atoms with Crippen LogP contribution in [0.3, 0.4) is 0 Å². The van der Waals surface area contributed by atoms with Gasteiger partial charge in [0.15, 0.2) is 0 Å². The van der Waals surface area contributed by atoms with Gasteiger partial charge in [-0.1, -0.05) is 70.9 Å². The fraction of sp³-hybridized carbons (Fsp3) is 0.364. The molecule has 28 heavy (non-hydrogen) atoms. The van der Waals surface area contributed by atoms with Gasteiger partial charge >= 0.3 is 0 Å². The van der Waals surface area contributed by atoms with Crippen LogP contribution >= 0.6 is 31.9 Å². The van der Waals surface area contributed by atoms with Crippen molar-refractivity contribution in [3.05, 3.63) is 51.4 Å². The van der Waals surface area contributed by atoms with E-state index < -0.39 is 0 Å². The second kappa shape index (κ2) is 10.8. The SMILES string of the molecule is CCCCCCCCOc1ccc(-c2nnc(-c3cc(Br)cc(Br)c3)o2)cc1. The Balaban J connectivity index is 1.55. The van der Waals surface area contributed by atoms with E-state index in [1.54, 1.807) is 0 Å². The first-order valence-corrected chi connectivity index (χ1v) is 11.3. The fourth-order valence-corrected chi connectivity index (χ4v) is 4.19. The summed E-state index contributed by atoms with van der Waals surface area (Å²) in [4.78, 5) is 0. The summed E-state index contributed by atoms with van der Waals surface area (Å²) in [7, 11) is 0. The highest BCUT2D eigenvalue weighted by atomic mass is 79.9. The van der Waals surface area contributed by atoms with E-state index in [2.05, 4.69) is 49.0 Å². The highest BCUT2D eigenvalue weighted by molar-refractivity contribution is 9.11. The smallest absolute Gasteiger partial charge is 0.248 e. The molecule has 0 aliphatic carbocycles. The van der Waals surface area contributed by atoms with Gasteiger partial charge in [-0.15, -0.1) is 10.2 Å². The molecule has 0 saturated heterocycles. The van der Waals surface area contributed by atoms with Gasteiger partial charge in [0, 0.05) is 20.1 Å². The van der Waals surface area contributed by atoms with E-state index in [4.69, 9.17) is 9.15 Å². The second-order valence-corrected chi connectivity index (χ2v) is 8.54.